The zero-order valence-electron chi connectivity index (χ0n) is 11.4. The molecular weight excluding hydrogens is 231 g/mol. The lowest BCUT2D eigenvalue weighted by Gasteiger charge is -2.30. The number of aromatic nitrogens is 1. The standard InChI is InChI=1S/C14H21FN2O/c1-13(2)8-9(14(3,4)18-13)11(16)12-10(15)6-5-7-17-12/h5-7,9,11H,8,16H2,1-4H3. The first-order valence-electron chi connectivity index (χ1n) is 6.29. The molecule has 0 aliphatic carbocycles. The van der Waals surface area contributed by atoms with Crippen LogP contribution in [-0.2, 0) is 4.74 Å². The van der Waals surface area contributed by atoms with Gasteiger partial charge in [-0.2, -0.15) is 0 Å². The first-order chi connectivity index (χ1) is 8.23. The molecule has 18 heavy (non-hydrogen) atoms. The molecule has 100 valence electrons. The molecule has 1 aromatic heterocycles. The maximum Gasteiger partial charge on any atom is 0.146 e. The summed E-state index contributed by atoms with van der Waals surface area (Å²) in [5, 5.41) is 0. The predicted octanol–water partition coefficient (Wildman–Crippen LogP) is 2.81. The highest BCUT2D eigenvalue weighted by Crippen LogP contribution is 2.46. The van der Waals surface area contributed by atoms with Gasteiger partial charge < -0.3 is 10.5 Å². The van der Waals surface area contributed by atoms with Gasteiger partial charge in [-0.3, -0.25) is 4.98 Å². The fourth-order valence-electron chi connectivity index (χ4n) is 3.00. The molecule has 2 N–H and O–H groups in total. The number of pyridine rings is 1. The van der Waals surface area contributed by atoms with Crippen LogP contribution in [0.4, 0.5) is 4.39 Å². The maximum absolute atomic E-state index is 13.8. The van der Waals surface area contributed by atoms with Gasteiger partial charge in [-0.25, -0.2) is 4.39 Å². The number of hydrogen-bond donors (Lipinski definition) is 1. The minimum absolute atomic E-state index is 0.0527. The number of rotatable bonds is 2. The molecule has 1 aliphatic heterocycles. The fraction of sp³-hybridized carbons (Fsp3) is 0.643. The van der Waals surface area contributed by atoms with Crippen molar-refractivity contribution in [2.45, 2.75) is 51.4 Å². The van der Waals surface area contributed by atoms with Crippen molar-refractivity contribution in [3.05, 3.63) is 29.8 Å². The Bertz CT molecular complexity index is 445. The summed E-state index contributed by atoms with van der Waals surface area (Å²) >= 11 is 0. The molecule has 3 nitrogen and oxygen atoms in total. The van der Waals surface area contributed by atoms with Crippen LogP contribution in [-0.4, -0.2) is 16.2 Å². The van der Waals surface area contributed by atoms with Gasteiger partial charge in [0.1, 0.15) is 5.82 Å². The van der Waals surface area contributed by atoms with E-state index in [-0.39, 0.29) is 22.9 Å². The van der Waals surface area contributed by atoms with E-state index in [0.717, 1.165) is 6.42 Å². The lowest BCUT2D eigenvalue weighted by atomic mass is 9.80. The van der Waals surface area contributed by atoms with Gasteiger partial charge in [-0.05, 0) is 46.2 Å². The van der Waals surface area contributed by atoms with Gasteiger partial charge in [0.25, 0.3) is 0 Å². The first kappa shape index (κ1) is 13.4. The summed E-state index contributed by atoms with van der Waals surface area (Å²) in [5.41, 5.74) is 5.95. The summed E-state index contributed by atoms with van der Waals surface area (Å²) in [4.78, 5) is 4.08. The molecule has 2 rings (SSSR count). The van der Waals surface area contributed by atoms with Crippen molar-refractivity contribution >= 4 is 0 Å². The molecule has 0 aromatic carbocycles. The molecule has 0 bridgehead atoms. The van der Waals surface area contributed by atoms with Crippen molar-refractivity contribution < 1.29 is 9.13 Å². The van der Waals surface area contributed by atoms with Crippen LogP contribution < -0.4 is 5.73 Å². The van der Waals surface area contributed by atoms with E-state index in [0.29, 0.717) is 5.69 Å². The summed E-state index contributed by atoms with van der Waals surface area (Å²) in [5.74, 6) is -0.289. The number of nitrogens with two attached hydrogens (primary N) is 1. The highest BCUT2D eigenvalue weighted by molar-refractivity contribution is 5.15. The highest BCUT2D eigenvalue weighted by Gasteiger charge is 2.49. The Morgan fingerprint density at radius 3 is 2.61 bits per heavy atom. The van der Waals surface area contributed by atoms with Gasteiger partial charge in [0, 0.05) is 12.1 Å². The van der Waals surface area contributed by atoms with Crippen LogP contribution in [0.1, 0.15) is 45.9 Å². The molecule has 0 radical (unpaired) electrons. The molecule has 2 unspecified atom stereocenters. The van der Waals surface area contributed by atoms with E-state index in [9.17, 15) is 4.39 Å². The van der Waals surface area contributed by atoms with E-state index in [1.165, 1.54) is 6.07 Å². The quantitative estimate of drug-likeness (QED) is 0.880. The van der Waals surface area contributed by atoms with Crippen LogP contribution >= 0.6 is 0 Å². The summed E-state index contributed by atoms with van der Waals surface area (Å²) in [7, 11) is 0. The molecular formula is C14H21FN2O. The molecule has 2 heterocycles. The van der Waals surface area contributed by atoms with Gasteiger partial charge in [0.2, 0.25) is 0 Å². The largest absolute Gasteiger partial charge is 0.369 e. The van der Waals surface area contributed by atoms with Crippen LogP contribution in [0.5, 0.6) is 0 Å². The Morgan fingerprint density at radius 1 is 1.44 bits per heavy atom. The topological polar surface area (TPSA) is 48.1 Å². The fourth-order valence-corrected chi connectivity index (χ4v) is 3.00. The minimum atomic E-state index is -0.442. The Hall–Kier alpha value is -1.00. The second-order valence-electron chi connectivity index (χ2n) is 6.17. The highest BCUT2D eigenvalue weighted by atomic mass is 19.1. The van der Waals surface area contributed by atoms with E-state index in [2.05, 4.69) is 4.98 Å². The van der Waals surface area contributed by atoms with Crippen LogP contribution in [0.15, 0.2) is 18.3 Å². The Balaban J connectivity index is 2.30. The smallest absolute Gasteiger partial charge is 0.146 e. The number of hydrogen-bond acceptors (Lipinski definition) is 3. The molecule has 2 atom stereocenters. The molecule has 0 spiro atoms. The van der Waals surface area contributed by atoms with Crippen molar-refractivity contribution in [1.82, 2.24) is 4.98 Å². The van der Waals surface area contributed by atoms with Gasteiger partial charge in [0.15, 0.2) is 0 Å². The molecule has 1 aromatic rings. The third kappa shape index (κ3) is 2.40. The minimum Gasteiger partial charge on any atom is -0.369 e. The summed E-state index contributed by atoms with van der Waals surface area (Å²) in [6.07, 6.45) is 2.38. The zero-order valence-corrected chi connectivity index (χ0v) is 11.4. The van der Waals surface area contributed by atoms with Crippen LogP contribution in [0.3, 0.4) is 0 Å². The summed E-state index contributed by atoms with van der Waals surface area (Å²) in [6.45, 7) is 8.09. The summed E-state index contributed by atoms with van der Waals surface area (Å²) < 4.78 is 19.8. The van der Waals surface area contributed by atoms with E-state index < -0.39 is 6.04 Å². The van der Waals surface area contributed by atoms with Gasteiger partial charge in [0.05, 0.1) is 22.9 Å². The predicted molar refractivity (Wildman–Crippen MR) is 68.5 cm³/mol. The van der Waals surface area contributed by atoms with Crippen molar-refractivity contribution in [1.29, 1.82) is 0 Å². The number of halogens is 1. The van der Waals surface area contributed by atoms with Gasteiger partial charge >= 0.3 is 0 Å². The van der Waals surface area contributed by atoms with Gasteiger partial charge in [-0.15, -0.1) is 0 Å². The van der Waals surface area contributed by atoms with Crippen molar-refractivity contribution in [2.75, 3.05) is 0 Å². The average molecular weight is 252 g/mol. The maximum atomic E-state index is 13.8. The lowest BCUT2D eigenvalue weighted by molar-refractivity contribution is -0.0769. The van der Waals surface area contributed by atoms with Crippen LogP contribution in [0.25, 0.3) is 0 Å². The molecule has 0 saturated carbocycles. The molecule has 1 saturated heterocycles. The van der Waals surface area contributed by atoms with Crippen molar-refractivity contribution in [3.63, 3.8) is 0 Å². The third-order valence-electron chi connectivity index (χ3n) is 3.68. The SMILES string of the molecule is CC1(C)CC(C(N)c2ncccc2F)C(C)(C)O1. The Kier molecular flexibility index (Phi) is 3.19. The summed E-state index contributed by atoms with van der Waals surface area (Å²) in [6, 6.07) is 2.53. The van der Waals surface area contributed by atoms with Crippen molar-refractivity contribution in [3.8, 4) is 0 Å². The van der Waals surface area contributed by atoms with E-state index >= 15 is 0 Å². The average Bonchev–Trinajstić information content (AvgIpc) is 2.46. The van der Waals surface area contributed by atoms with Crippen LogP contribution in [0, 0.1) is 11.7 Å². The number of ether oxygens (including phenoxy) is 1. The molecule has 1 fully saturated rings. The zero-order chi connectivity index (χ0) is 13.6. The van der Waals surface area contributed by atoms with E-state index in [1.54, 1.807) is 12.3 Å². The number of nitrogens with zero attached hydrogens (tertiary/aromatic N) is 1. The lowest BCUT2D eigenvalue weighted by Crippen LogP contribution is -2.36. The van der Waals surface area contributed by atoms with Gasteiger partial charge in [-0.1, -0.05) is 0 Å². The molecule has 0 amide bonds. The van der Waals surface area contributed by atoms with Crippen molar-refractivity contribution in [2.24, 2.45) is 11.7 Å². The molecule has 4 heteroatoms. The third-order valence-corrected chi connectivity index (χ3v) is 3.68. The van der Waals surface area contributed by atoms with E-state index in [1.807, 2.05) is 27.7 Å². The Morgan fingerprint density at radius 2 is 2.11 bits per heavy atom. The monoisotopic (exact) mass is 252 g/mol. The normalized spacial score (nSPS) is 27.1. The first-order valence-corrected chi connectivity index (χ1v) is 6.29. The van der Waals surface area contributed by atoms with E-state index in [4.69, 9.17) is 10.5 Å². The van der Waals surface area contributed by atoms with Crippen LogP contribution in [0.2, 0.25) is 0 Å². The molecule has 1 aliphatic rings. The second kappa shape index (κ2) is 4.28. The Labute approximate surface area is 108 Å². The second-order valence-corrected chi connectivity index (χ2v) is 6.17.